The highest BCUT2D eigenvalue weighted by molar-refractivity contribution is 6.32. The predicted octanol–water partition coefficient (Wildman–Crippen LogP) is 3.56. The summed E-state index contributed by atoms with van der Waals surface area (Å²) >= 11 is 5.37. The summed E-state index contributed by atoms with van der Waals surface area (Å²) in [6.45, 7) is 0. The molecule has 0 bridgehead atoms. The molecule has 0 aliphatic carbocycles. The molecule has 1 nitrogen and oxygen atoms in total. The standard InChI is InChI=1S/C9H4ClF4N/c10-8-5(3-4-15)7(11)2-1-6(8)9(12,13)14/h1-2H,3H2. The van der Waals surface area contributed by atoms with E-state index in [-0.39, 0.29) is 0 Å². The number of rotatable bonds is 1. The molecule has 0 radical (unpaired) electrons. The van der Waals surface area contributed by atoms with Crippen molar-refractivity contribution < 1.29 is 17.6 Å². The van der Waals surface area contributed by atoms with Crippen molar-refractivity contribution in [1.29, 1.82) is 5.26 Å². The van der Waals surface area contributed by atoms with E-state index >= 15 is 0 Å². The minimum atomic E-state index is -4.64. The molecule has 0 fully saturated rings. The molecule has 1 aromatic rings. The van der Waals surface area contributed by atoms with Gasteiger partial charge in [0.25, 0.3) is 0 Å². The lowest BCUT2D eigenvalue weighted by Crippen LogP contribution is -2.08. The number of benzene rings is 1. The molecular weight excluding hydrogens is 234 g/mol. The summed E-state index contributed by atoms with van der Waals surface area (Å²) in [5.74, 6) is -0.908. The Morgan fingerprint density at radius 1 is 1.33 bits per heavy atom. The average Bonchev–Trinajstić information content (AvgIpc) is 2.09. The van der Waals surface area contributed by atoms with Crippen molar-refractivity contribution in [3.05, 3.63) is 34.1 Å². The predicted molar refractivity (Wildman–Crippen MR) is 45.7 cm³/mol. The van der Waals surface area contributed by atoms with E-state index in [2.05, 4.69) is 0 Å². The van der Waals surface area contributed by atoms with Crippen LogP contribution in [0.25, 0.3) is 0 Å². The zero-order chi connectivity index (χ0) is 11.6. The number of alkyl halides is 3. The Hall–Kier alpha value is -1.28. The number of nitrogens with zero attached hydrogens (tertiary/aromatic N) is 1. The first kappa shape index (κ1) is 11.8. The number of nitriles is 1. The first-order chi connectivity index (χ1) is 6.88. The van der Waals surface area contributed by atoms with Crippen molar-refractivity contribution in [3.63, 3.8) is 0 Å². The lowest BCUT2D eigenvalue weighted by atomic mass is 10.1. The Morgan fingerprint density at radius 2 is 1.93 bits per heavy atom. The smallest absolute Gasteiger partial charge is 0.207 e. The molecular formula is C9H4ClF4N. The van der Waals surface area contributed by atoms with Crippen LogP contribution < -0.4 is 0 Å². The first-order valence-corrected chi connectivity index (χ1v) is 4.16. The van der Waals surface area contributed by atoms with Crippen LogP contribution in [0, 0.1) is 17.1 Å². The summed E-state index contributed by atoms with van der Waals surface area (Å²) < 4.78 is 49.9. The van der Waals surface area contributed by atoms with Gasteiger partial charge in [-0.15, -0.1) is 0 Å². The van der Waals surface area contributed by atoms with Gasteiger partial charge >= 0.3 is 6.18 Å². The van der Waals surface area contributed by atoms with E-state index in [4.69, 9.17) is 16.9 Å². The molecule has 80 valence electrons. The van der Waals surface area contributed by atoms with Gasteiger partial charge in [0.2, 0.25) is 0 Å². The molecule has 6 heteroatoms. The van der Waals surface area contributed by atoms with Gasteiger partial charge in [-0.05, 0) is 12.1 Å². The summed E-state index contributed by atoms with van der Waals surface area (Å²) in [6, 6.07) is 2.76. The third kappa shape index (κ3) is 2.39. The van der Waals surface area contributed by atoms with Crippen molar-refractivity contribution in [3.8, 4) is 6.07 Å². The third-order valence-electron chi connectivity index (χ3n) is 1.75. The molecule has 0 saturated carbocycles. The fourth-order valence-corrected chi connectivity index (χ4v) is 1.38. The molecule has 0 aromatic heterocycles. The third-order valence-corrected chi connectivity index (χ3v) is 2.18. The van der Waals surface area contributed by atoms with Crippen LogP contribution in [-0.4, -0.2) is 0 Å². The van der Waals surface area contributed by atoms with Gasteiger partial charge in [0, 0.05) is 5.56 Å². The first-order valence-electron chi connectivity index (χ1n) is 3.79. The molecule has 0 unspecified atom stereocenters. The Labute approximate surface area is 87.9 Å². The molecule has 0 heterocycles. The Kier molecular flexibility index (Phi) is 3.20. The fraction of sp³-hybridized carbons (Fsp3) is 0.222. The molecule has 0 aliphatic heterocycles. The molecule has 0 spiro atoms. The van der Waals surface area contributed by atoms with Gasteiger partial charge in [0.05, 0.1) is 23.1 Å². The molecule has 1 aromatic carbocycles. The Balaban J connectivity index is 3.36. The molecule has 15 heavy (non-hydrogen) atoms. The highest BCUT2D eigenvalue weighted by Gasteiger charge is 2.34. The normalized spacial score (nSPS) is 11.2. The van der Waals surface area contributed by atoms with Gasteiger partial charge in [0.1, 0.15) is 5.82 Å². The summed E-state index contributed by atoms with van der Waals surface area (Å²) in [7, 11) is 0. The van der Waals surface area contributed by atoms with Crippen LogP contribution in [0.4, 0.5) is 17.6 Å². The van der Waals surface area contributed by atoms with Crippen molar-refractivity contribution in [2.45, 2.75) is 12.6 Å². The Morgan fingerprint density at radius 3 is 2.40 bits per heavy atom. The highest BCUT2D eigenvalue weighted by atomic mass is 35.5. The van der Waals surface area contributed by atoms with Gasteiger partial charge < -0.3 is 0 Å². The topological polar surface area (TPSA) is 23.8 Å². The van der Waals surface area contributed by atoms with Crippen LogP contribution in [0.3, 0.4) is 0 Å². The molecule has 1 rings (SSSR count). The lowest BCUT2D eigenvalue weighted by Gasteiger charge is -2.11. The lowest BCUT2D eigenvalue weighted by molar-refractivity contribution is -0.137. The molecule has 0 aliphatic rings. The van der Waals surface area contributed by atoms with E-state index in [0.717, 1.165) is 0 Å². The van der Waals surface area contributed by atoms with Gasteiger partial charge in [-0.2, -0.15) is 18.4 Å². The van der Waals surface area contributed by atoms with Crippen LogP contribution in [0.5, 0.6) is 0 Å². The number of halogens is 5. The van der Waals surface area contributed by atoms with Gasteiger partial charge in [0.15, 0.2) is 0 Å². The summed E-state index contributed by atoms with van der Waals surface area (Å²) in [5, 5.41) is 7.56. The monoisotopic (exact) mass is 237 g/mol. The second kappa shape index (κ2) is 4.07. The second-order valence-electron chi connectivity index (χ2n) is 2.72. The summed E-state index contributed by atoms with van der Waals surface area (Å²) in [4.78, 5) is 0. The summed E-state index contributed by atoms with van der Waals surface area (Å²) in [6.07, 6.45) is -5.14. The zero-order valence-corrected chi connectivity index (χ0v) is 7.95. The van der Waals surface area contributed by atoms with Crippen molar-refractivity contribution >= 4 is 11.6 Å². The van der Waals surface area contributed by atoms with Gasteiger partial charge in [-0.3, -0.25) is 0 Å². The van der Waals surface area contributed by atoms with Gasteiger partial charge in [-0.25, -0.2) is 4.39 Å². The summed E-state index contributed by atoms with van der Waals surface area (Å²) in [5.41, 5.74) is -1.55. The van der Waals surface area contributed by atoms with E-state index in [9.17, 15) is 17.6 Å². The van der Waals surface area contributed by atoms with Gasteiger partial charge in [-0.1, -0.05) is 11.6 Å². The Bertz CT molecular complexity index is 419. The zero-order valence-electron chi connectivity index (χ0n) is 7.20. The molecule has 0 saturated heterocycles. The maximum Gasteiger partial charge on any atom is 0.417 e. The number of hydrogen-bond acceptors (Lipinski definition) is 1. The van der Waals surface area contributed by atoms with Crippen LogP contribution >= 0.6 is 11.6 Å². The maximum absolute atomic E-state index is 13.0. The van der Waals surface area contributed by atoms with E-state index in [1.807, 2.05) is 0 Å². The van der Waals surface area contributed by atoms with Crippen LogP contribution in [0.15, 0.2) is 12.1 Å². The quantitative estimate of drug-likeness (QED) is 0.685. The molecule has 0 N–H and O–H groups in total. The molecule has 0 amide bonds. The van der Waals surface area contributed by atoms with E-state index in [0.29, 0.717) is 12.1 Å². The number of hydrogen-bond donors (Lipinski definition) is 0. The SMILES string of the molecule is N#CCc1c(F)ccc(C(F)(F)F)c1Cl. The second-order valence-corrected chi connectivity index (χ2v) is 3.10. The average molecular weight is 238 g/mol. The minimum absolute atomic E-state index is 0.422. The largest absolute Gasteiger partial charge is 0.417 e. The van der Waals surface area contributed by atoms with Crippen LogP contribution in [0.2, 0.25) is 5.02 Å². The van der Waals surface area contributed by atoms with E-state index in [1.54, 1.807) is 6.07 Å². The van der Waals surface area contributed by atoms with Crippen molar-refractivity contribution in [1.82, 2.24) is 0 Å². The maximum atomic E-state index is 13.0. The van der Waals surface area contributed by atoms with Crippen molar-refractivity contribution in [2.75, 3.05) is 0 Å². The van der Waals surface area contributed by atoms with E-state index < -0.39 is 34.6 Å². The highest BCUT2D eigenvalue weighted by Crippen LogP contribution is 2.37. The van der Waals surface area contributed by atoms with Crippen LogP contribution in [0.1, 0.15) is 11.1 Å². The fourth-order valence-electron chi connectivity index (χ4n) is 1.06. The minimum Gasteiger partial charge on any atom is -0.207 e. The van der Waals surface area contributed by atoms with Crippen LogP contribution in [-0.2, 0) is 12.6 Å². The van der Waals surface area contributed by atoms with E-state index in [1.165, 1.54) is 0 Å². The molecule has 0 atom stereocenters. The van der Waals surface area contributed by atoms with Crippen molar-refractivity contribution in [2.24, 2.45) is 0 Å².